The van der Waals surface area contributed by atoms with Crippen molar-refractivity contribution in [1.82, 2.24) is 0 Å². The molecule has 0 saturated carbocycles. The first-order chi connectivity index (χ1) is 15.1. The van der Waals surface area contributed by atoms with E-state index in [1.165, 1.54) is 10.5 Å². The molecular formula is C24H29N2O5+. The van der Waals surface area contributed by atoms with Crippen LogP contribution in [-0.2, 0) is 9.53 Å². The topological polar surface area (TPSA) is 78.3 Å². The van der Waals surface area contributed by atoms with Gasteiger partial charge in [-0.15, -0.1) is 0 Å². The van der Waals surface area contributed by atoms with Gasteiger partial charge in [0.05, 0.1) is 31.9 Å². The van der Waals surface area contributed by atoms with Gasteiger partial charge >= 0.3 is 5.97 Å². The molecule has 1 unspecified atom stereocenters. The third-order valence-electron chi connectivity index (χ3n) is 5.72. The molecular weight excluding hydrogens is 396 g/mol. The van der Waals surface area contributed by atoms with Crippen molar-refractivity contribution in [3.63, 3.8) is 0 Å². The molecule has 2 N–H and O–H groups in total. The van der Waals surface area contributed by atoms with Crippen LogP contribution in [0.15, 0.2) is 42.5 Å². The van der Waals surface area contributed by atoms with E-state index in [2.05, 4.69) is 17.4 Å². The van der Waals surface area contributed by atoms with Crippen molar-refractivity contribution in [3.05, 3.63) is 53.6 Å². The predicted molar refractivity (Wildman–Crippen MR) is 116 cm³/mol. The summed E-state index contributed by atoms with van der Waals surface area (Å²) >= 11 is 0. The molecule has 164 valence electrons. The summed E-state index contributed by atoms with van der Waals surface area (Å²) in [6.07, 6.45) is 3.00. The van der Waals surface area contributed by atoms with Crippen LogP contribution in [0.1, 0.15) is 48.1 Å². The van der Waals surface area contributed by atoms with Gasteiger partial charge < -0.3 is 24.4 Å². The molecule has 2 heterocycles. The molecule has 1 saturated heterocycles. The van der Waals surface area contributed by atoms with E-state index in [9.17, 15) is 9.59 Å². The Labute approximate surface area is 182 Å². The summed E-state index contributed by atoms with van der Waals surface area (Å²) in [6.45, 7) is 4.78. The average Bonchev–Trinajstić information content (AvgIpc) is 3.09. The third-order valence-corrected chi connectivity index (χ3v) is 5.72. The number of fused-ring (bicyclic) bond motifs is 1. The van der Waals surface area contributed by atoms with Crippen LogP contribution in [0.25, 0.3) is 0 Å². The summed E-state index contributed by atoms with van der Waals surface area (Å²) < 4.78 is 16.6. The summed E-state index contributed by atoms with van der Waals surface area (Å²) in [4.78, 5) is 25.7. The van der Waals surface area contributed by atoms with Crippen LogP contribution in [0.2, 0.25) is 0 Å². The number of carbonyl (C=O) groups excluding carboxylic acids is 2. The molecule has 1 amide bonds. The van der Waals surface area contributed by atoms with Gasteiger partial charge in [-0.1, -0.05) is 0 Å². The Hall–Kier alpha value is -3.06. The van der Waals surface area contributed by atoms with Crippen LogP contribution in [0.3, 0.4) is 0 Å². The highest BCUT2D eigenvalue weighted by Gasteiger charge is 2.32. The van der Waals surface area contributed by atoms with Crippen molar-refractivity contribution in [3.8, 4) is 11.5 Å². The summed E-state index contributed by atoms with van der Waals surface area (Å²) in [6, 6.07) is 13.2. The zero-order chi connectivity index (χ0) is 21.6. The van der Waals surface area contributed by atoms with E-state index in [1.807, 2.05) is 6.07 Å². The Morgan fingerprint density at radius 1 is 1.06 bits per heavy atom. The van der Waals surface area contributed by atoms with Gasteiger partial charge in [0, 0.05) is 30.5 Å². The number of hydrogen-bond acceptors (Lipinski definition) is 5. The van der Waals surface area contributed by atoms with Crippen LogP contribution in [0, 0.1) is 0 Å². The minimum absolute atomic E-state index is 0.0415. The Morgan fingerprint density at radius 3 is 2.61 bits per heavy atom. The maximum absolute atomic E-state index is 12.7. The molecule has 2 aromatic carbocycles. The summed E-state index contributed by atoms with van der Waals surface area (Å²) in [7, 11) is 0. The minimum Gasteiger partial charge on any atom is -0.490 e. The smallest absolute Gasteiger partial charge is 0.338 e. The molecule has 0 aliphatic carbocycles. The molecule has 0 radical (unpaired) electrons. The zero-order valence-electron chi connectivity index (χ0n) is 17.8. The first-order valence-corrected chi connectivity index (χ1v) is 10.9. The first kappa shape index (κ1) is 21.2. The number of nitrogens with one attached hydrogen (secondary N) is 2. The zero-order valence-corrected chi connectivity index (χ0v) is 17.8. The van der Waals surface area contributed by atoms with E-state index in [0.29, 0.717) is 37.6 Å². The van der Waals surface area contributed by atoms with Crippen molar-refractivity contribution < 1.29 is 28.7 Å². The van der Waals surface area contributed by atoms with Crippen LogP contribution in [-0.4, -0.2) is 44.8 Å². The fourth-order valence-electron chi connectivity index (χ4n) is 4.24. The number of anilines is 1. The monoisotopic (exact) mass is 425 g/mol. The van der Waals surface area contributed by atoms with E-state index >= 15 is 0 Å². The molecule has 7 heteroatoms. The number of likely N-dealkylation sites (tertiary alicyclic amines) is 1. The number of carbonyl (C=O) groups is 2. The number of amides is 1. The molecule has 2 aliphatic rings. The molecule has 0 aromatic heterocycles. The minimum atomic E-state index is -0.361. The highest BCUT2D eigenvalue weighted by atomic mass is 16.5. The lowest BCUT2D eigenvalue weighted by Gasteiger charge is -2.22. The Balaban J connectivity index is 1.38. The molecule has 2 atom stereocenters. The van der Waals surface area contributed by atoms with Gasteiger partial charge in [0.2, 0.25) is 0 Å². The van der Waals surface area contributed by atoms with Crippen LogP contribution >= 0.6 is 0 Å². The van der Waals surface area contributed by atoms with Crippen LogP contribution in [0.5, 0.6) is 11.5 Å². The molecule has 31 heavy (non-hydrogen) atoms. The number of ether oxygens (including phenoxy) is 3. The lowest BCUT2D eigenvalue weighted by Crippen LogP contribution is -3.11. The molecule has 1 fully saturated rings. The van der Waals surface area contributed by atoms with Gasteiger partial charge in [-0.2, -0.15) is 0 Å². The number of rotatable bonds is 6. The molecule has 7 nitrogen and oxygen atoms in total. The Bertz CT molecular complexity index is 928. The molecule has 4 rings (SSSR count). The van der Waals surface area contributed by atoms with Gasteiger partial charge in [0.1, 0.15) is 6.04 Å². The third kappa shape index (κ3) is 5.17. The highest BCUT2D eigenvalue weighted by Crippen LogP contribution is 2.33. The lowest BCUT2D eigenvalue weighted by atomic mass is 10.0. The van der Waals surface area contributed by atoms with E-state index in [0.717, 1.165) is 37.3 Å². The molecule has 0 bridgehead atoms. The second-order valence-electron chi connectivity index (χ2n) is 7.88. The maximum Gasteiger partial charge on any atom is 0.338 e. The van der Waals surface area contributed by atoms with Gasteiger partial charge in [-0.25, -0.2) is 4.79 Å². The van der Waals surface area contributed by atoms with Crippen LogP contribution < -0.4 is 19.7 Å². The predicted octanol–water partition coefficient (Wildman–Crippen LogP) is 2.38. The van der Waals surface area contributed by atoms with Crippen LogP contribution in [0.4, 0.5) is 5.69 Å². The fraction of sp³-hybridized carbons (Fsp3) is 0.417. The SMILES string of the molecule is CCOC(=O)c1ccc(NC(=O)C[NH+]2CCC[C@@H]2c2ccc3c(c2)OCCCO3)cc1. The quantitative estimate of drug-likeness (QED) is 0.695. The van der Waals surface area contributed by atoms with Gasteiger partial charge in [-0.3, -0.25) is 4.79 Å². The lowest BCUT2D eigenvalue weighted by molar-refractivity contribution is -0.910. The normalized spacial score (nSPS) is 20.0. The van der Waals surface area contributed by atoms with Crippen molar-refractivity contribution in [2.24, 2.45) is 0 Å². The van der Waals surface area contributed by atoms with Crippen molar-refractivity contribution in [1.29, 1.82) is 0 Å². The number of quaternary nitrogens is 1. The largest absolute Gasteiger partial charge is 0.490 e. The highest BCUT2D eigenvalue weighted by molar-refractivity contribution is 5.93. The molecule has 2 aliphatic heterocycles. The van der Waals surface area contributed by atoms with E-state index in [-0.39, 0.29) is 17.9 Å². The first-order valence-electron chi connectivity index (χ1n) is 10.9. The summed E-state index contributed by atoms with van der Waals surface area (Å²) in [5.74, 6) is 1.19. The number of hydrogen-bond donors (Lipinski definition) is 2. The van der Waals surface area contributed by atoms with Gasteiger partial charge in [0.15, 0.2) is 18.0 Å². The second-order valence-corrected chi connectivity index (χ2v) is 7.88. The number of benzene rings is 2. The Morgan fingerprint density at radius 2 is 1.84 bits per heavy atom. The molecule has 0 spiro atoms. The van der Waals surface area contributed by atoms with Crippen molar-refractivity contribution >= 4 is 17.6 Å². The van der Waals surface area contributed by atoms with Crippen molar-refractivity contribution in [2.45, 2.75) is 32.2 Å². The van der Waals surface area contributed by atoms with Gasteiger partial charge in [0.25, 0.3) is 5.91 Å². The Kier molecular flexibility index (Phi) is 6.72. The standard InChI is InChI=1S/C24H28N2O5/c1-2-29-24(28)17-6-9-19(10-7-17)25-23(27)16-26-12-3-5-20(26)18-8-11-21-22(15-18)31-14-4-13-30-21/h6-11,15,20H,2-5,12-14,16H2,1H3,(H,25,27)/p+1/t20-/m1/s1. The average molecular weight is 426 g/mol. The van der Waals surface area contributed by atoms with E-state index in [4.69, 9.17) is 14.2 Å². The van der Waals surface area contributed by atoms with Gasteiger partial charge in [-0.05, 0) is 49.4 Å². The second kappa shape index (κ2) is 9.83. The summed E-state index contributed by atoms with van der Waals surface area (Å²) in [5, 5.41) is 2.94. The molecule has 2 aromatic rings. The van der Waals surface area contributed by atoms with E-state index < -0.39 is 0 Å². The maximum atomic E-state index is 12.7. The fourth-order valence-corrected chi connectivity index (χ4v) is 4.24. The summed E-state index contributed by atoms with van der Waals surface area (Å²) in [5.41, 5.74) is 2.33. The van der Waals surface area contributed by atoms with E-state index in [1.54, 1.807) is 31.2 Å². The number of esters is 1. The van der Waals surface area contributed by atoms with Crippen molar-refractivity contribution in [2.75, 3.05) is 38.2 Å².